The SMILES string of the molecule is C[C@@H](OC(=O)/C=C/c1cn(-c2ccccc2)nc1-c1ccc(F)cc1)C(=O)N(C)C. The van der Waals surface area contributed by atoms with Crippen molar-refractivity contribution in [3.63, 3.8) is 0 Å². The zero-order valence-electron chi connectivity index (χ0n) is 16.9. The number of esters is 1. The molecular formula is C23H22FN3O3. The minimum Gasteiger partial charge on any atom is -0.449 e. The molecular weight excluding hydrogens is 385 g/mol. The molecule has 0 aliphatic carbocycles. The van der Waals surface area contributed by atoms with E-state index in [1.807, 2.05) is 30.3 Å². The Hall–Kier alpha value is -3.74. The van der Waals surface area contributed by atoms with Crippen LogP contribution < -0.4 is 0 Å². The van der Waals surface area contributed by atoms with Crippen LogP contribution in [0.25, 0.3) is 23.0 Å². The van der Waals surface area contributed by atoms with Crippen molar-refractivity contribution < 1.29 is 18.7 Å². The third kappa shape index (κ3) is 5.00. The molecule has 6 nitrogen and oxygen atoms in total. The molecule has 0 unspecified atom stereocenters. The average Bonchev–Trinajstić information content (AvgIpc) is 3.17. The largest absolute Gasteiger partial charge is 0.449 e. The Balaban J connectivity index is 1.89. The predicted molar refractivity (Wildman–Crippen MR) is 112 cm³/mol. The van der Waals surface area contributed by atoms with Gasteiger partial charge in [0.25, 0.3) is 5.91 Å². The van der Waals surface area contributed by atoms with Crippen molar-refractivity contribution >= 4 is 18.0 Å². The van der Waals surface area contributed by atoms with Gasteiger partial charge in [0.1, 0.15) is 5.82 Å². The van der Waals surface area contributed by atoms with Gasteiger partial charge in [-0.1, -0.05) is 18.2 Å². The first kappa shape index (κ1) is 21.0. The van der Waals surface area contributed by atoms with Gasteiger partial charge in [-0.15, -0.1) is 0 Å². The zero-order valence-corrected chi connectivity index (χ0v) is 16.9. The third-order valence-electron chi connectivity index (χ3n) is 4.36. The van der Waals surface area contributed by atoms with E-state index in [2.05, 4.69) is 5.10 Å². The summed E-state index contributed by atoms with van der Waals surface area (Å²) in [4.78, 5) is 25.4. The minimum absolute atomic E-state index is 0.305. The van der Waals surface area contributed by atoms with Gasteiger partial charge >= 0.3 is 5.97 Å². The fourth-order valence-electron chi connectivity index (χ4n) is 2.84. The second-order valence-electron chi connectivity index (χ2n) is 6.87. The van der Waals surface area contributed by atoms with Crippen molar-refractivity contribution in [3.05, 3.63) is 78.3 Å². The van der Waals surface area contributed by atoms with Crippen LogP contribution in [0, 0.1) is 5.82 Å². The first-order valence-electron chi connectivity index (χ1n) is 9.36. The van der Waals surface area contributed by atoms with Gasteiger partial charge in [0.2, 0.25) is 0 Å². The van der Waals surface area contributed by atoms with Gasteiger partial charge in [0, 0.05) is 37.5 Å². The molecule has 1 amide bonds. The summed E-state index contributed by atoms with van der Waals surface area (Å²) in [5.74, 6) is -1.29. The quantitative estimate of drug-likeness (QED) is 0.462. The molecule has 0 saturated heterocycles. The predicted octanol–water partition coefficient (Wildman–Crippen LogP) is 3.71. The maximum atomic E-state index is 13.3. The Morgan fingerprint density at radius 3 is 2.40 bits per heavy atom. The third-order valence-corrected chi connectivity index (χ3v) is 4.36. The Labute approximate surface area is 174 Å². The van der Waals surface area contributed by atoms with Gasteiger partial charge in [-0.2, -0.15) is 5.10 Å². The van der Waals surface area contributed by atoms with Gasteiger partial charge < -0.3 is 9.64 Å². The van der Waals surface area contributed by atoms with Gasteiger partial charge in [0.05, 0.1) is 11.4 Å². The van der Waals surface area contributed by atoms with Crippen LogP contribution in [0.1, 0.15) is 12.5 Å². The molecule has 3 rings (SSSR count). The van der Waals surface area contributed by atoms with E-state index in [0.29, 0.717) is 16.8 Å². The van der Waals surface area contributed by atoms with E-state index < -0.39 is 12.1 Å². The lowest BCUT2D eigenvalue weighted by atomic mass is 10.1. The van der Waals surface area contributed by atoms with Crippen LogP contribution in [-0.2, 0) is 14.3 Å². The number of benzene rings is 2. The molecule has 0 saturated carbocycles. The maximum absolute atomic E-state index is 13.3. The van der Waals surface area contributed by atoms with Gasteiger partial charge in [-0.3, -0.25) is 4.79 Å². The van der Waals surface area contributed by atoms with Gasteiger partial charge in [-0.25, -0.2) is 13.9 Å². The number of hydrogen-bond donors (Lipinski definition) is 0. The smallest absolute Gasteiger partial charge is 0.331 e. The number of para-hydroxylation sites is 1. The van der Waals surface area contributed by atoms with Crippen LogP contribution >= 0.6 is 0 Å². The van der Waals surface area contributed by atoms with Crippen LogP contribution in [-0.4, -0.2) is 46.8 Å². The summed E-state index contributed by atoms with van der Waals surface area (Å²) in [5.41, 5.74) is 2.78. The molecule has 0 bridgehead atoms. The van der Waals surface area contributed by atoms with Crippen molar-refractivity contribution in [1.29, 1.82) is 0 Å². The van der Waals surface area contributed by atoms with Crippen LogP contribution in [0.5, 0.6) is 0 Å². The first-order chi connectivity index (χ1) is 14.3. The van der Waals surface area contributed by atoms with Crippen LogP contribution in [0.3, 0.4) is 0 Å². The van der Waals surface area contributed by atoms with Crippen molar-refractivity contribution in [2.24, 2.45) is 0 Å². The van der Waals surface area contributed by atoms with E-state index in [1.165, 1.54) is 30.0 Å². The normalized spacial score (nSPS) is 12.0. The Morgan fingerprint density at radius 1 is 1.10 bits per heavy atom. The summed E-state index contributed by atoms with van der Waals surface area (Å²) < 4.78 is 20.2. The molecule has 0 aliphatic rings. The summed E-state index contributed by atoms with van der Waals surface area (Å²) >= 11 is 0. The van der Waals surface area contributed by atoms with Gasteiger partial charge in [-0.05, 0) is 49.4 Å². The number of carbonyl (C=O) groups excluding carboxylic acids is 2. The topological polar surface area (TPSA) is 64.4 Å². The number of carbonyl (C=O) groups is 2. The molecule has 0 aliphatic heterocycles. The van der Waals surface area contributed by atoms with E-state index in [4.69, 9.17) is 4.74 Å². The number of nitrogens with zero attached hydrogens (tertiary/aromatic N) is 3. The average molecular weight is 407 g/mol. The molecule has 3 aromatic rings. The van der Waals surface area contributed by atoms with E-state index in [0.717, 1.165) is 5.69 Å². The fraction of sp³-hybridized carbons (Fsp3) is 0.174. The molecule has 0 N–H and O–H groups in total. The van der Waals surface area contributed by atoms with E-state index in [-0.39, 0.29) is 11.7 Å². The summed E-state index contributed by atoms with van der Waals surface area (Å²) in [5, 5.41) is 4.60. The second-order valence-corrected chi connectivity index (χ2v) is 6.87. The molecule has 2 aromatic carbocycles. The highest BCUT2D eigenvalue weighted by molar-refractivity contribution is 5.91. The Bertz CT molecular complexity index is 1060. The summed E-state index contributed by atoms with van der Waals surface area (Å²) in [6.07, 6.45) is 3.70. The van der Waals surface area contributed by atoms with E-state index in [9.17, 15) is 14.0 Å². The highest BCUT2D eigenvalue weighted by Crippen LogP contribution is 2.25. The zero-order chi connectivity index (χ0) is 21.7. The molecule has 0 spiro atoms. The Kier molecular flexibility index (Phi) is 6.41. The van der Waals surface area contributed by atoms with Crippen molar-refractivity contribution in [2.75, 3.05) is 14.1 Å². The van der Waals surface area contributed by atoms with Crippen LogP contribution in [0.15, 0.2) is 66.9 Å². The Morgan fingerprint density at radius 2 is 1.77 bits per heavy atom. The maximum Gasteiger partial charge on any atom is 0.331 e. The number of likely N-dealkylation sites (N-methyl/N-ethyl adjacent to an activating group) is 1. The first-order valence-corrected chi connectivity index (χ1v) is 9.36. The highest BCUT2D eigenvalue weighted by atomic mass is 19.1. The molecule has 1 atom stereocenters. The number of aromatic nitrogens is 2. The van der Waals surface area contributed by atoms with E-state index in [1.54, 1.807) is 43.2 Å². The second kappa shape index (κ2) is 9.17. The minimum atomic E-state index is -0.888. The number of halogens is 1. The standard InChI is InChI=1S/C23H22FN3O3/c1-16(23(29)26(2)3)30-21(28)14-11-18-15-27(20-7-5-4-6-8-20)25-22(18)17-9-12-19(24)13-10-17/h4-16H,1-3H3/b14-11+/t16-/m1/s1. The monoisotopic (exact) mass is 407 g/mol. The molecule has 30 heavy (non-hydrogen) atoms. The summed E-state index contributed by atoms with van der Waals surface area (Å²) in [6, 6.07) is 15.5. The van der Waals surface area contributed by atoms with Crippen molar-refractivity contribution in [2.45, 2.75) is 13.0 Å². The van der Waals surface area contributed by atoms with E-state index >= 15 is 0 Å². The van der Waals surface area contributed by atoms with Crippen molar-refractivity contribution in [3.8, 4) is 16.9 Å². The summed E-state index contributed by atoms with van der Waals surface area (Å²) in [7, 11) is 3.19. The number of ether oxygens (including phenoxy) is 1. The highest BCUT2D eigenvalue weighted by Gasteiger charge is 2.18. The van der Waals surface area contributed by atoms with Gasteiger partial charge in [0.15, 0.2) is 6.10 Å². The van der Waals surface area contributed by atoms with Crippen LogP contribution in [0.2, 0.25) is 0 Å². The van der Waals surface area contributed by atoms with Crippen LogP contribution in [0.4, 0.5) is 4.39 Å². The summed E-state index contributed by atoms with van der Waals surface area (Å²) in [6.45, 7) is 1.52. The lowest BCUT2D eigenvalue weighted by Gasteiger charge is -2.16. The molecule has 0 radical (unpaired) electrons. The lowest BCUT2D eigenvalue weighted by Crippen LogP contribution is -2.34. The number of amides is 1. The number of rotatable bonds is 6. The molecule has 1 heterocycles. The fourth-order valence-corrected chi connectivity index (χ4v) is 2.84. The number of hydrogen-bond acceptors (Lipinski definition) is 4. The lowest BCUT2D eigenvalue weighted by molar-refractivity contribution is -0.153. The molecule has 154 valence electrons. The molecule has 7 heteroatoms. The molecule has 1 aromatic heterocycles. The molecule has 0 fully saturated rings. The van der Waals surface area contributed by atoms with Crippen molar-refractivity contribution in [1.82, 2.24) is 14.7 Å².